The fourth-order valence-electron chi connectivity index (χ4n) is 4.42. The molecule has 128 valence electrons. The summed E-state index contributed by atoms with van der Waals surface area (Å²) in [7, 11) is 0. The molecule has 1 aliphatic rings. The molecule has 1 aliphatic carbocycles. The second kappa shape index (κ2) is 5.34. The molecule has 1 heterocycles. The first-order chi connectivity index (χ1) is 13.3. The molecule has 0 atom stereocenters. The maximum atomic E-state index is 6.25. The molecule has 0 aliphatic heterocycles. The summed E-state index contributed by atoms with van der Waals surface area (Å²) in [5, 5.41) is 2.36. The van der Waals surface area contributed by atoms with E-state index in [0.29, 0.717) is 0 Å². The average Bonchev–Trinajstić information content (AvgIpc) is 3.25. The van der Waals surface area contributed by atoms with Gasteiger partial charge in [0.25, 0.3) is 0 Å². The quantitative estimate of drug-likeness (QED) is 0.308. The van der Waals surface area contributed by atoms with Crippen LogP contribution in [0.1, 0.15) is 16.7 Å². The Morgan fingerprint density at radius 3 is 2.37 bits per heavy atom. The summed E-state index contributed by atoms with van der Waals surface area (Å²) in [5.74, 6) is 0. The lowest BCUT2D eigenvalue weighted by atomic mass is 9.97. The van der Waals surface area contributed by atoms with Gasteiger partial charge in [-0.05, 0) is 53.3 Å². The second-order valence-electron chi connectivity index (χ2n) is 7.49. The lowest BCUT2D eigenvalue weighted by molar-refractivity contribution is 0.670. The van der Waals surface area contributed by atoms with E-state index in [4.69, 9.17) is 4.42 Å². The van der Waals surface area contributed by atoms with Gasteiger partial charge in [0.15, 0.2) is 0 Å². The zero-order valence-electron chi connectivity index (χ0n) is 15.1. The van der Waals surface area contributed by atoms with Crippen molar-refractivity contribution in [1.82, 2.24) is 0 Å². The van der Waals surface area contributed by atoms with Gasteiger partial charge in [0.2, 0.25) is 0 Å². The van der Waals surface area contributed by atoms with Crippen molar-refractivity contribution in [3.63, 3.8) is 0 Å². The third-order valence-electron chi connectivity index (χ3n) is 5.76. The minimum atomic E-state index is 0.946. The Morgan fingerprint density at radius 2 is 1.44 bits per heavy atom. The molecule has 27 heavy (non-hydrogen) atoms. The summed E-state index contributed by atoms with van der Waals surface area (Å²) in [6.45, 7) is 2.16. The van der Waals surface area contributed by atoms with Gasteiger partial charge >= 0.3 is 0 Å². The van der Waals surface area contributed by atoms with Crippen LogP contribution in [-0.4, -0.2) is 0 Å². The van der Waals surface area contributed by atoms with Crippen LogP contribution >= 0.6 is 0 Å². The van der Waals surface area contributed by atoms with Crippen LogP contribution in [0, 0.1) is 6.92 Å². The molecule has 0 spiro atoms. The van der Waals surface area contributed by atoms with E-state index >= 15 is 0 Å². The van der Waals surface area contributed by atoms with E-state index < -0.39 is 0 Å². The Hall–Kier alpha value is -3.32. The van der Waals surface area contributed by atoms with E-state index in [9.17, 15) is 0 Å². The maximum Gasteiger partial charge on any atom is 0.143 e. The summed E-state index contributed by atoms with van der Waals surface area (Å²) in [6, 6.07) is 28.4. The molecule has 4 aromatic carbocycles. The van der Waals surface area contributed by atoms with Gasteiger partial charge in [0.1, 0.15) is 11.2 Å². The highest BCUT2D eigenvalue weighted by Crippen LogP contribution is 2.41. The van der Waals surface area contributed by atoms with Crippen molar-refractivity contribution >= 4 is 21.9 Å². The average molecular weight is 346 g/mol. The van der Waals surface area contributed by atoms with Crippen LogP contribution in [-0.2, 0) is 6.42 Å². The van der Waals surface area contributed by atoms with E-state index in [1.807, 2.05) is 12.1 Å². The molecule has 0 saturated carbocycles. The van der Waals surface area contributed by atoms with Crippen molar-refractivity contribution in [2.24, 2.45) is 0 Å². The molecular weight excluding hydrogens is 328 g/mol. The molecule has 0 unspecified atom stereocenters. The van der Waals surface area contributed by atoms with Gasteiger partial charge in [0, 0.05) is 16.3 Å². The Labute approximate surface area is 157 Å². The van der Waals surface area contributed by atoms with Crippen LogP contribution in [0.15, 0.2) is 83.3 Å². The molecule has 0 bridgehead atoms. The molecule has 1 heteroatoms. The fourth-order valence-corrected chi connectivity index (χ4v) is 4.42. The summed E-state index contributed by atoms with van der Waals surface area (Å²) < 4.78 is 6.25. The lowest BCUT2D eigenvalue weighted by Gasteiger charge is -2.07. The Balaban J connectivity index is 1.60. The van der Waals surface area contributed by atoms with E-state index in [2.05, 4.69) is 73.7 Å². The molecule has 0 N–H and O–H groups in total. The van der Waals surface area contributed by atoms with Gasteiger partial charge in [-0.25, -0.2) is 0 Å². The van der Waals surface area contributed by atoms with E-state index in [1.165, 1.54) is 44.2 Å². The number of aryl methyl sites for hydroxylation is 1. The molecule has 0 radical (unpaired) electrons. The normalized spacial score (nSPS) is 12.5. The smallest absolute Gasteiger partial charge is 0.143 e. The Kier molecular flexibility index (Phi) is 2.93. The topological polar surface area (TPSA) is 13.1 Å². The van der Waals surface area contributed by atoms with E-state index in [1.54, 1.807) is 0 Å². The van der Waals surface area contributed by atoms with Crippen molar-refractivity contribution in [2.75, 3.05) is 0 Å². The highest BCUT2D eigenvalue weighted by atomic mass is 16.3. The SMILES string of the molecule is Cc1ccc2c(c1)-c1cc(-c3cccc4c3oc3ccccc34)ccc1C2. The molecular formula is C26H18O. The monoisotopic (exact) mass is 346 g/mol. The minimum absolute atomic E-state index is 0.946. The molecule has 1 aromatic heterocycles. The number of para-hydroxylation sites is 2. The molecule has 0 amide bonds. The first kappa shape index (κ1) is 14.8. The Morgan fingerprint density at radius 1 is 0.667 bits per heavy atom. The van der Waals surface area contributed by atoms with E-state index in [-0.39, 0.29) is 0 Å². The van der Waals surface area contributed by atoms with Crippen LogP contribution in [0.2, 0.25) is 0 Å². The predicted molar refractivity (Wildman–Crippen MR) is 112 cm³/mol. The summed E-state index contributed by atoms with van der Waals surface area (Å²) >= 11 is 0. The molecule has 0 saturated heterocycles. The summed E-state index contributed by atoms with van der Waals surface area (Å²) in [4.78, 5) is 0. The lowest BCUT2D eigenvalue weighted by Crippen LogP contribution is -1.84. The van der Waals surface area contributed by atoms with Gasteiger partial charge in [-0.3, -0.25) is 0 Å². The summed E-state index contributed by atoms with van der Waals surface area (Å²) in [6.07, 6.45) is 1.03. The zero-order chi connectivity index (χ0) is 18.0. The molecule has 5 aromatic rings. The van der Waals surface area contributed by atoms with E-state index in [0.717, 1.165) is 23.2 Å². The largest absolute Gasteiger partial charge is 0.455 e. The number of benzene rings is 4. The van der Waals surface area contributed by atoms with Crippen molar-refractivity contribution in [2.45, 2.75) is 13.3 Å². The number of hydrogen-bond acceptors (Lipinski definition) is 1. The van der Waals surface area contributed by atoms with Crippen molar-refractivity contribution in [3.8, 4) is 22.3 Å². The van der Waals surface area contributed by atoms with Crippen LogP contribution in [0.25, 0.3) is 44.2 Å². The van der Waals surface area contributed by atoms with Gasteiger partial charge in [-0.2, -0.15) is 0 Å². The van der Waals surface area contributed by atoms with Crippen molar-refractivity contribution in [3.05, 3.63) is 95.6 Å². The molecule has 1 nitrogen and oxygen atoms in total. The Bertz CT molecular complexity index is 1350. The number of furan rings is 1. The second-order valence-corrected chi connectivity index (χ2v) is 7.49. The number of hydrogen-bond donors (Lipinski definition) is 0. The first-order valence-electron chi connectivity index (χ1n) is 9.41. The van der Waals surface area contributed by atoms with Crippen LogP contribution < -0.4 is 0 Å². The van der Waals surface area contributed by atoms with Crippen LogP contribution in [0.3, 0.4) is 0 Å². The highest BCUT2D eigenvalue weighted by Gasteiger charge is 2.20. The molecule has 6 rings (SSSR count). The van der Waals surface area contributed by atoms with Crippen molar-refractivity contribution < 1.29 is 4.42 Å². The van der Waals surface area contributed by atoms with Crippen LogP contribution in [0.4, 0.5) is 0 Å². The molecule has 0 fully saturated rings. The summed E-state index contributed by atoms with van der Waals surface area (Å²) in [5.41, 5.74) is 11.2. The maximum absolute atomic E-state index is 6.25. The first-order valence-corrected chi connectivity index (χ1v) is 9.41. The third kappa shape index (κ3) is 2.12. The fraction of sp³-hybridized carbons (Fsp3) is 0.0769. The van der Waals surface area contributed by atoms with Crippen molar-refractivity contribution in [1.29, 1.82) is 0 Å². The highest BCUT2D eigenvalue weighted by molar-refractivity contribution is 6.09. The standard InChI is InChI=1S/C26H18O/c1-16-9-10-17-14-18-11-12-19(15-24(18)23(17)13-16)20-6-4-7-22-21-5-2-3-8-25(21)27-26(20)22/h2-13,15H,14H2,1H3. The predicted octanol–water partition coefficient (Wildman–Crippen LogP) is 7.13. The minimum Gasteiger partial charge on any atom is -0.455 e. The third-order valence-corrected chi connectivity index (χ3v) is 5.76. The van der Waals surface area contributed by atoms with Gasteiger partial charge in [-0.1, -0.05) is 72.3 Å². The van der Waals surface area contributed by atoms with Crippen LogP contribution in [0.5, 0.6) is 0 Å². The zero-order valence-corrected chi connectivity index (χ0v) is 15.1. The number of fused-ring (bicyclic) bond motifs is 6. The number of rotatable bonds is 1. The van der Waals surface area contributed by atoms with Gasteiger partial charge in [-0.15, -0.1) is 0 Å². The van der Waals surface area contributed by atoms with Gasteiger partial charge < -0.3 is 4.42 Å². The van der Waals surface area contributed by atoms with Gasteiger partial charge in [0.05, 0.1) is 0 Å².